The second-order valence-corrected chi connectivity index (χ2v) is 11.5. The minimum Gasteiger partial charge on any atom is -0.495 e. The first-order valence-electron chi connectivity index (χ1n) is 12.6. The summed E-state index contributed by atoms with van der Waals surface area (Å²) in [5.41, 5.74) is 4.38. The molecule has 38 heavy (non-hydrogen) atoms. The summed E-state index contributed by atoms with van der Waals surface area (Å²) in [7, 11) is -2.16. The fourth-order valence-electron chi connectivity index (χ4n) is 4.95. The summed E-state index contributed by atoms with van der Waals surface area (Å²) >= 11 is 0. The minimum absolute atomic E-state index is 0.141. The number of sulfonamides is 1. The molecule has 2 aromatic carbocycles. The number of para-hydroxylation sites is 2. The third-order valence-corrected chi connectivity index (χ3v) is 8.92. The maximum atomic E-state index is 13.6. The quantitative estimate of drug-likeness (QED) is 0.383. The van der Waals surface area contributed by atoms with Crippen molar-refractivity contribution in [3.63, 3.8) is 0 Å². The molecule has 4 aromatic rings. The Bertz CT molecular complexity index is 1640. The Balaban J connectivity index is 1.67. The molecule has 198 valence electrons. The number of hydrogen-bond acceptors (Lipinski definition) is 6. The van der Waals surface area contributed by atoms with E-state index >= 15 is 0 Å². The number of benzene rings is 2. The molecular weight excluding hydrogens is 502 g/mol. The van der Waals surface area contributed by atoms with Gasteiger partial charge in [-0.25, -0.2) is 17.9 Å². The molecule has 1 amide bonds. The zero-order valence-electron chi connectivity index (χ0n) is 22.0. The van der Waals surface area contributed by atoms with E-state index in [2.05, 4.69) is 10.4 Å². The van der Waals surface area contributed by atoms with Crippen LogP contribution in [0.2, 0.25) is 0 Å². The van der Waals surface area contributed by atoms with Gasteiger partial charge in [0.05, 0.1) is 23.3 Å². The van der Waals surface area contributed by atoms with Gasteiger partial charge in [-0.05, 0) is 69.0 Å². The Morgan fingerprint density at radius 3 is 2.47 bits per heavy atom. The molecule has 9 nitrogen and oxygen atoms in total. The molecule has 0 radical (unpaired) electrons. The predicted molar refractivity (Wildman–Crippen MR) is 146 cm³/mol. The largest absolute Gasteiger partial charge is 0.495 e. The van der Waals surface area contributed by atoms with Crippen LogP contribution in [-0.4, -0.2) is 53.4 Å². The van der Waals surface area contributed by atoms with E-state index in [9.17, 15) is 13.2 Å². The van der Waals surface area contributed by atoms with Crippen molar-refractivity contribution in [1.82, 2.24) is 18.9 Å². The SMILES string of the molecule is COc1ccccc1NC(=O)c1nn2c(C)cc(C)nc2c1-c1ccc(C)c(S(=O)(=O)N2CCCCC2)c1. The van der Waals surface area contributed by atoms with Crippen LogP contribution in [0.25, 0.3) is 16.8 Å². The van der Waals surface area contributed by atoms with Crippen LogP contribution in [0.5, 0.6) is 5.75 Å². The van der Waals surface area contributed by atoms with Crippen molar-refractivity contribution in [2.75, 3.05) is 25.5 Å². The van der Waals surface area contributed by atoms with Crippen LogP contribution in [-0.2, 0) is 10.0 Å². The molecule has 0 atom stereocenters. The second-order valence-electron chi connectivity index (χ2n) is 9.60. The van der Waals surface area contributed by atoms with E-state index in [1.54, 1.807) is 46.1 Å². The highest BCUT2D eigenvalue weighted by Crippen LogP contribution is 2.34. The lowest BCUT2D eigenvalue weighted by atomic mass is 10.0. The molecule has 3 heterocycles. The van der Waals surface area contributed by atoms with Gasteiger partial charge < -0.3 is 10.1 Å². The molecule has 1 saturated heterocycles. The van der Waals surface area contributed by atoms with Crippen molar-refractivity contribution in [1.29, 1.82) is 0 Å². The normalized spacial score (nSPS) is 14.5. The van der Waals surface area contributed by atoms with Gasteiger partial charge in [0.25, 0.3) is 5.91 Å². The Kier molecular flexibility index (Phi) is 6.93. The van der Waals surface area contributed by atoms with Crippen LogP contribution in [0.15, 0.2) is 53.4 Å². The standard InChI is InChI=1S/C28H31N5O4S/c1-18-12-13-21(17-24(18)38(35,36)32-14-8-5-9-15-32)25-26(31-33-20(3)16-19(2)29-27(25)33)28(34)30-22-10-6-7-11-23(22)37-4/h6-7,10-13,16-17H,5,8-9,14-15H2,1-4H3,(H,30,34). The van der Waals surface area contributed by atoms with Crippen LogP contribution >= 0.6 is 0 Å². The molecule has 1 aliphatic rings. The fraction of sp³-hybridized carbons (Fsp3) is 0.321. The number of aromatic nitrogens is 3. The van der Waals surface area contributed by atoms with Crippen LogP contribution < -0.4 is 10.1 Å². The van der Waals surface area contributed by atoms with Gasteiger partial charge in [-0.3, -0.25) is 4.79 Å². The highest BCUT2D eigenvalue weighted by Gasteiger charge is 2.30. The molecule has 0 bridgehead atoms. The third-order valence-electron chi connectivity index (χ3n) is 6.88. The van der Waals surface area contributed by atoms with E-state index in [4.69, 9.17) is 9.72 Å². The fourth-order valence-corrected chi connectivity index (χ4v) is 6.72. The molecule has 0 spiro atoms. The van der Waals surface area contributed by atoms with Crippen LogP contribution in [0, 0.1) is 20.8 Å². The number of hydrogen-bond donors (Lipinski definition) is 1. The van der Waals surface area contributed by atoms with E-state index in [0.717, 1.165) is 30.7 Å². The third kappa shape index (κ3) is 4.65. The first kappa shape index (κ1) is 25.9. The second kappa shape index (κ2) is 10.2. The number of rotatable bonds is 6. The number of piperidine rings is 1. The van der Waals surface area contributed by atoms with Crippen molar-refractivity contribution in [3.05, 3.63) is 71.2 Å². The van der Waals surface area contributed by atoms with E-state index in [1.807, 2.05) is 32.0 Å². The van der Waals surface area contributed by atoms with Crippen LogP contribution in [0.3, 0.4) is 0 Å². The van der Waals surface area contributed by atoms with Crippen molar-refractivity contribution in [3.8, 4) is 16.9 Å². The van der Waals surface area contributed by atoms with Crippen molar-refractivity contribution in [2.45, 2.75) is 44.9 Å². The molecule has 0 saturated carbocycles. The summed E-state index contributed by atoms with van der Waals surface area (Å²) in [5, 5.41) is 7.52. The molecule has 5 rings (SSSR count). The number of amides is 1. The topological polar surface area (TPSA) is 106 Å². The van der Waals surface area contributed by atoms with Gasteiger partial charge in [0.15, 0.2) is 11.3 Å². The summed E-state index contributed by atoms with van der Waals surface area (Å²) in [6, 6.07) is 14.2. The number of carbonyl (C=O) groups excluding carboxylic acids is 1. The van der Waals surface area contributed by atoms with Gasteiger partial charge in [0, 0.05) is 24.5 Å². The Morgan fingerprint density at radius 2 is 1.74 bits per heavy atom. The maximum absolute atomic E-state index is 13.6. The van der Waals surface area contributed by atoms with E-state index in [0.29, 0.717) is 46.9 Å². The van der Waals surface area contributed by atoms with Crippen LogP contribution in [0.4, 0.5) is 5.69 Å². The smallest absolute Gasteiger partial charge is 0.277 e. The van der Waals surface area contributed by atoms with Crippen molar-refractivity contribution >= 4 is 27.3 Å². The van der Waals surface area contributed by atoms with E-state index in [-0.39, 0.29) is 10.6 Å². The number of fused-ring (bicyclic) bond motifs is 1. The van der Waals surface area contributed by atoms with E-state index < -0.39 is 15.9 Å². The Labute approximate surface area is 222 Å². The molecular formula is C28H31N5O4S. The van der Waals surface area contributed by atoms with Gasteiger partial charge in [-0.2, -0.15) is 9.40 Å². The van der Waals surface area contributed by atoms with Gasteiger partial charge in [0.2, 0.25) is 10.0 Å². The summed E-state index contributed by atoms with van der Waals surface area (Å²) in [6.07, 6.45) is 2.73. The first-order valence-corrected chi connectivity index (χ1v) is 14.1. The van der Waals surface area contributed by atoms with Gasteiger partial charge in [-0.1, -0.05) is 30.7 Å². The Hall–Kier alpha value is -3.76. The molecule has 0 unspecified atom stereocenters. The van der Waals surface area contributed by atoms with Crippen molar-refractivity contribution < 1.29 is 17.9 Å². The van der Waals surface area contributed by atoms with E-state index in [1.165, 1.54) is 7.11 Å². The lowest BCUT2D eigenvalue weighted by molar-refractivity contribution is 0.102. The zero-order valence-corrected chi connectivity index (χ0v) is 22.8. The molecule has 1 N–H and O–H groups in total. The Morgan fingerprint density at radius 1 is 1.00 bits per heavy atom. The molecule has 10 heteroatoms. The minimum atomic E-state index is -3.70. The summed E-state index contributed by atoms with van der Waals surface area (Å²) in [4.78, 5) is 18.6. The maximum Gasteiger partial charge on any atom is 0.277 e. The molecule has 0 aliphatic carbocycles. The monoisotopic (exact) mass is 533 g/mol. The van der Waals surface area contributed by atoms with Crippen molar-refractivity contribution in [2.24, 2.45) is 0 Å². The van der Waals surface area contributed by atoms with Gasteiger partial charge in [0.1, 0.15) is 5.75 Å². The summed E-state index contributed by atoms with van der Waals surface area (Å²) in [6.45, 7) is 6.57. The van der Waals surface area contributed by atoms with Crippen LogP contribution in [0.1, 0.15) is 46.7 Å². The highest BCUT2D eigenvalue weighted by atomic mass is 32.2. The lowest BCUT2D eigenvalue weighted by Gasteiger charge is -2.26. The average molecular weight is 534 g/mol. The average Bonchev–Trinajstić information content (AvgIpc) is 3.29. The van der Waals surface area contributed by atoms with Gasteiger partial charge in [-0.15, -0.1) is 0 Å². The number of aryl methyl sites for hydroxylation is 3. The highest BCUT2D eigenvalue weighted by molar-refractivity contribution is 7.89. The number of carbonyl (C=O) groups is 1. The first-order chi connectivity index (χ1) is 18.2. The number of methoxy groups -OCH3 is 1. The summed E-state index contributed by atoms with van der Waals surface area (Å²) in [5.74, 6) is 0.0645. The number of nitrogens with one attached hydrogen (secondary N) is 1. The van der Waals surface area contributed by atoms with Gasteiger partial charge >= 0.3 is 0 Å². The molecule has 2 aromatic heterocycles. The lowest BCUT2D eigenvalue weighted by Crippen LogP contribution is -2.35. The molecule has 1 fully saturated rings. The zero-order chi connectivity index (χ0) is 27.0. The predicted octanol–water partition coefficient (Wildman–Crippen LogP) is 4.76. The number of ether oxygens (including phenoxy) is 1. The number of anilines is 1. The number of nitrogens with zero attached hydrogens (tertiary/aromatic N) is 4. The molecule has 1 aliphatic heterocycles. The summed E-state index contributed by atoms with van der Waals surface area (Å²) < 4.78 is 35.8.